The van der Waals surface area contributed by atoms with Crippen LogP contribution in [0, 0.1) is 5.41 Å². The van der Waals surface area contributed by atoms with Gasteiger partial charge in [-0.3, -0.25) is 4.79 Å². The molecule has 19 heavy (non-hydrogen) atoms. The van der Waals surface area contributed by atoms with Gasteiger partial charge in [-0.25, -0.2) is 0 Å². The molecule has 0 aliphatic heterocycles. The van der Waals surface area contributed by atoms with E-state index in [0.717, 1.165) is 30.6 Å². The number of ether oxygens (including phenoxy) is 1. The monoisotopic (exact) mass is 262 g/mol. The summed E-state index contributed by atoms with van der Waals surface area (Å²) in [6.07, 6.45) is 2.88. The molecule has 104 valence electrons. The van der Waals surface area contributed by atoms with Crippen molar-refractivity contribution in [2.75, 3.05) is 13.7 Å². The second kappa shape index (κ2) is 5.61. The number of amides is 1. The van der Waals surface area contributed by atoms with Gasteiger partial charge in [0.05, 0.1) is 18.6 Å². The van der Waals surface area contributed by atoms with Crippen LogP contribution < -0.4 is 15.8 Å². The van der Waals surface area contributed by atoms with Crippen molar-refractivity contribution in [2.45, 2.75) is 32.2 Å². The quantitative estimate of drug-likeness (QED) is 0.853. The number of carbonyl (C=O) groups is 1. The molecule has 2 rings (SSSR count). The first-order valence-electron chi connectivity index (χ1n) is 6.77. The van der Waals surface area contributed by atoms with Crippen LogP contribution in [0.1, 0.15) is 37.8 Å². The third kappa shape index (κ3) is 2.59. The Hall–Kier alpha value is -1.55. The van der Waals surface area contributed by atoms with Crippen LogP contribution in [0.2, 0.25) is 0 Å². The molecule has 0 saturated heterocycles. The molecule has 1 saturated carbocycles. The molecular formula is C15H22N2O2. The fourth-order valence-electron chi connectivity index (χ4n) is 2.58. The number of rotatable bonds is 5. The van der Waals surface area contributed by atoms with Gasteiger partial charge >= 0.3 is 0 Å². The van der Waals surface area contributed by atoms with Gasteiger partial charge < -0.3 is 15.8 Å². The minimum Gasteiger partial charge on any atom is -0.496 e. The normalized spacial score (nSPS) is 18.3. The molecule has 0 bridgehead atoms. The Balaban J connectivity index is 2.08. The maximum atomic E-state index is 12.3. The molecule has 0 radical (unpaired) electrons. The van der Waals surface area contributed by atoms with E-state index in [-0.39, 0.29) is 17.4 Å². The van der Waals surface area contributed by atoms with Crippen molar-refractivity contribution in [2.24, 2.45) is 11.1 Å². The van der Waals surface area contributed by atoms with Gasteiger partial charge in [0, 0.05) is 12.1 Å². The Kier molecular flexibility index (Phi) is 4.10. The molecule has 1 amide bonds. The van der Waals surface area contributed by atoms with Gasteiger partial charge in [-0.2, -0.15) is 0 Å². The van der Waals surface area contributed by atoms with E-state index < -0.39 is 0 Å². The van der Waals surface area contributed by atoms with E-state index >= 15 is 0 Å². The molecule has 1 aliphatic carbocycles. The molecule has 1 aromatic carbocycles. The van der Waals surface area contributed by atoms with Gasteiger partial charge in [0.25, 0.3) is 0 Å². The Morgan fingerprint density at radius 2 is 2.16 bits per heavy atom. The standard InChI is InChI=1S/C15H22N2O2/c1-11(12-6-3-4-7-13(12)19-2)17-14(18)15(10-16)8-5-9-15/h3-4,6-7,11H,5,8-10,16H2,1-2H3,(H,17,18)/t11-/m1/s1. The van der Waals surface area contributed by atoms with Crippen LogP contribution in [0.25, 0.3) is 0 Å². The van der Waals surface area contributed by atoms with Gasteiger partial charge in [0.15, 0.2) is 0 Å². The zero-order valence-electron chi connectivity index (χ0n) is 11.6. The molecule has 1 atom stereocenters. The average Bonchev–Trinajstić information content (AvgIpc) is 2.38. The number of nitrogens with two attached hydrogens (primary N) is 1. The largest absolute Gasteiger partial charge is 0.496 e. The van der Waals surface area contributed by atoms with Crippen molar-refractivity contribution >= 4 is 5.91 Å². The summed E-state index contributed by atoms with van der Waals surface area (Å²) in [4.78, 5) is 12.3. The minimum absolute atomic E-state index is 0.0691. The van der Waals surface area contributed by atoms with E-state index in [1.165, 1.54) is 0 Å². The van der Waals surface area contributed by atoms with Crippen LogP contribution in [0.3, 0.4) is 0 Å². The summed E-state index contributed by atoms with van der Waals surface area (Å²) in [6, 6.07) is 7.67. The molecule has 1 aromatic rings. The van der Waals surface area contributed by atoms with Crippen molar-refractivity contribution in [3.63, 3.8) is 0 Å². The average molecular weight is 262 g/mol. The molecule has 0 aromatic heterocycles. The first-order valence-corrected chi connectivity index (χ1v) is 6.77. The second-order valence-corrected chi connectivity index (χ2v) is 5.28. The van der Waals surface area contributed by atoms with Crippen molar-refractivity contribution < 1.29 is 9.53 Å². The van der Waals surface area contributed by atoms with E-state index in [9.17, 15) is 4.79 Å². The molecule has 1 fully saturated rings. The van der Waals surface area contributed by atoms with Crippen molar-refractivity contribution in [3.05, 3.63) is 29.8 Å². The number of hydrogen-bond acceptors (Lipinski definition) is 3. The highest BCUT2D eigenvalue weighted by molar-refractivity contribution is 5.84. The topological polar surface area (TPSA) is 64.3 Å². The maximum Gasteiger partial charge on any atom is 0.227 e. The number of benzene rings is 1. The van der Waals surface area contributed by atoms with Gasteiger partial charge in [0.1, 0.15) is 5.75 Å². The van der Waals surface area contributed by atoms with Crippen LogP contribution >= 0.6 is 0 Å². The second-order valence-electron chi connectivity index (χ2n) is 5.28. The maximum absolute atomic E-state index is 12.3. The lowest BCUT2D eigenvalue weighted by atomic mass is 9.68. The molecule has 4 heteroatoms. The van der Waals surface area contributed by atoms with E-state index in [1.807, 2.05) is 31.2 Å². The molecule has 1 aliphatic rings. The summed E-state index contributed by atoms with van der Waals surface area (Å²) < 4.78 is 5.32. The van der Waals surface area contributed by atoms with Gasteiger partial charge in [-0.1, -0.05) is 24.6 Å². The third-order valence-corrected chi connectivity index (χ3v) is 4.14. The number of methoxy groups -OCH3 is 1. The van der Waals surface area contributed by atoms with Crippen LogP contribution in [0.4, 0.5) is 0 Å². The van der Waals surface area contributed by atoms with Crippen LogP contribution in [0.5, 0.6) is 5.75 Å². The fraction of sp³-hybridized carbons (Fsp3) is 0.533. The summed E-state index contributed by atoms with van der Waals surface area (Å²) in [5.74, 6) is 0.866. The first kappa shape index (κ1) is 13.9. The van der Waals surface area contributed by atoms with Gasteiger partial charge in [0.2, 0.25) is 5.91 Å². The van der Waals surface area contributed by atoms with Crippen LogP contribution in [-0.2, 0) is 4.79 Å². The van der Waals surface area contributed by atoms with E-state index in [0.29, 0.717) is 6.54 Å². The molecular weight excluding hydrogens is 240 g/mol. The lowest BCUT2D eigenvalue weighted by molar-refractivity contribution is -0.135. The smallest absolute Gasteiger partial charge is 0.227 e. The van der Waals surface area contributed by atoms with E-state index in [4.69, 9.17) is 10.5 Å². The van der Waals surface area contributed by atoms with Gasteiger partial charge in [-0.05, 0) is 25.8 Å². The predicted molar refractivity (Wildman–Crippen MR) is 74.9 cm³/mol. The fourth-order valence-corrected chi connectivity index (χ4v) is 2.58. The number of para-hydroxylation sites is 1. The zero-order chi connectivity index (χ0) is 13.9. The van der Waals surface area contributed by atoms with Gasteiger partial charge in [-0.15, -0.1) is 0 Å². The highest BCUT2D eigenvalue weighted by Gasteiger charge is 2.43. The van der Waals surface area contributed by atoms with Crippen molar-refractivity contribution in [1.82, 2.24) is 5.32 Å². The lowest BCUT2D eigenvalue weighted by Gasteiger charge is -2.40. The molecule has 3 N–H and O–H groups in total. The summed E-state index contributed by atoms with van der Waals surface area (Å²) in [7, 11) is 1.64. The molecule has 4 nitrogen and oxygen atoms in total. The Labute approximate surface area is 114 Å². The zero-order valence-corrected chi connectivity index (χ0v) is 11.6. The SMILES string of the molecule is COc1ccccc1[C@@H](C)NC(=O)C1(CN)CCC1. The Morgan fingerprint density at radius 3 is 2.68 bits per heavy atom. The summed E-state index contributed by atoms with van der Waals surface area (Å²) in [6.45, 7) is 2.40. The summed E-state index contributed by atoms with van der Waals surface area (Å²) >= 11 is 0. The van der Waals surface area contributed by atoms with E-state index in [2.05, 4.69) is 5.32 Å². The molecule has 0 spiro atoms. The first-order chi connectivity index (χ1) is 9.13. The molecule has 0 heterocycles. The minimum atomic E-state index is -0.337. The van der Waals surface area contributed by atoms with Crippen LogP contribution in [0.15, 0.2) is 24.3 Å². The Bertz CT molecular complexity index is 450. The highest BCUT2D eigenvalue weighted by Crippen LogP contribution is 2.40. The van der Waals surface area contributed by atoms with Crippen molar-refractivity contribution in [3.8, 4) is 5.75 Å². The lowest BCUT2D eigenvalue weighted by Crippen LogP contribution is -2.50. The highest BCUT2D eigenvalue weighted by atomic mass is 16.5. The van der Waals surface area contributed by atoms with Crippen molar-refractivity contribution in [1.29, 1.82) is 0 Å². The number of nitrogens with one attached hydrogen (secondary N) is 1. The predicted octanol–water partition coefficient (Wildman–Crippen LogP) is 2.00. The summed E-state index contributed by atoms with van der Waals surface area (Å²) in [5, 5.41) is 3.07. The third-order valence-electron chi connectivity index (χ3n) is 4.14. The number of hydrogen-bond donors (Lipinski definition) is 2. The van der Waals surface area contributed by atoms with E-state index in [1.54, 1.807) is 7.11 Å². The summed E-state index contributed by atoms with van der Waals surface area (Å²) in [5.41, 5.74) is 6.41. The van der Waals surface area contributed by atoms with Crippen LogP contribution in [-0.4, -0.2) is 19.6 Å². The molecule has 0 unspecified atom stereocenters. The Morgan fingerprint density at radius 1 is 1.47 bits per heavy atom. The number of carbonyl (C=O) groups excluding carboxylic acids is 1.